The molecule has 1 N–H and O–H groups in total. The fourth-order valence-corrected chi connectivity index (χ4v) is 5.34. The van der Waals surface area contributed by atoms with Crippen LogP contribution in [0.5, 0.6) is 0 Å². The lowest BCUT2D eigenvalue weighted by molar-refractivity contribution is -0.122. The lowest BCUT2D eigenvalue weighted by Gasteiger charge is -2.22. The maximum absolute atomic E-state index is 12.9. The predicted octanol–water partition coefficient (Wildman–Crippen LogP) is 4.53. The molecule has 2 aromatic rings. The largest absolute Gasteiger partial charge is 0.312 e. The minimum atomic E-state index is -3.76. The number of nitrogens with zero attached hydrogens (tertiary/aromatic N) is 1. The molecule has 1 amide bonds. The third-order valence-corrected chi connectivity index (χ3v) is 7.44. The number of anilines is 2. The first-order valence-electron chi connectivity index (χ1n) is 9.58. The lowest BCUT2D eigenvalue weighted by Crippen LogP contribution is -2.33. The molecule has 1 heterocycles. The lowest BCUT2D eigenvalue weighted by atomic mass is 10.1. The summed E-state index contributed by atoms with van der Waals surface area (Å²) in [6.45, 7) is 2.48. The molecule has 0 atom stereocenters. The van der Waals surface area contributed by atoms with Crippen LogP contribution in [0.2, 0.25) is 5.02 Å². The van der Waals surface area contributed by atoms with E-state index in [9.17, 15) is 13.2 Å². The molecule has 4 rings (SSSR count). The van der Waals surface area contributed by atoms with Crippen LogP contribution in [0.15, 0.2) is 41.3 Å². The van der Waals surface area contributed by atoms with Crippen molar-refractivity contribution in [3.05, 3.63) is 52.5 Å². The van der Waals surface area contributed by atoms with Gasteiger partial charge in [0, 0.05) is 23.2 Å². The maximum atomic E-state index is 12.9. The SMILES string of the molecule is Cc1ccc(S(=O)(=O)Nc2ccc3c(c2)N(C(=O)C2CCCC2)CC3)cc1Cl. The molecule has 0 saturated heterocycles. The van der Waals surface area contributed by atoms with Gasteiger partial charge in [-0.1, -0.05) is 36.6 Å². The molecule has 1 aliphatic heterocycles. The number of aryl methyl sites for hydroxylation is 1. The van der Waals surface area contributed by atoms with E-state index in [1.165, 1.54) is 12.1 Å². The minimum absolute atomic E-state index is 0.0981. The van der Waals surface area contributed by atoms with Crippen LogP contribution in [0.3, 0.4) is 0 Å². The van der Waals surface area contributed by atoms with E-state index in [0.717, 1.165) is 48.9 Å². The molecule has 0 radical (unpaired) electrons. The fourth-order valence-electron chi connectivity index (χ4n) is 4.02. The highest BCUT2D eigenvalue weighted by Gasteiger charge is 2.32. The van der Waals surface area contributed by atoms with E-state index >= 15 is 0 Å². The fraction of sp³-hybridized carbons (Fsp3) is 0.381. The standard InChI is InChI=1S/C21H23ClN2O3S/c1-14-6-9-18(13-19(14)22)28(26,27)23-17-8-7-15-10-11-24(20(15)12-17)21(25)16-4-2-3-5-16/h6-9,12-13,16,23H,2-5,10-11H2,1H3. The Morgan fingerprint density at radius 2 is 1.89 bits per heavy atom. The summed E-state index contributed by atoms with van der Waals surface area (Å²) in [4.78, 5) is 14.8. The van der Waals surface area contributed by atoms with Crippen LogP contribution < -0.4 is 9.62 Å². The van der Waals surface area contributed by atoms with E-state index in [1.807, 2.05) is 17.9 Å². The number of fused-ring (bicyclic) bond motifs is 1. The monoisotopic (exact) mass is 418 g/mol. The molecule has 1 fully saturated rings. The Hall–Kier alpha value is -2.05. The van der Waals surface area contributed by atoms with Crippen molar-refractivity contribution >= 4 is 38.9 Å². The van der Waals surface area contributed by atoms with E-state index in [1.54, 1.807) is 18.2 Å². The summed E-state index contributed by atoms with van der Waals surface area (Å²) in [5.74, 6) is 0.266. The van der Waals surface area contributed by atoms with Gasteiger partial charge in [0.25, 0.3) is 10.0 Å². The van der Waals surface area contributed by atoms with Crippen LogP contribution in [-0.4, -0.2) is 20.9 Å². The van der Waals surface area contributed by atoms with E-state index in [0.29, 0.717) is 17.3 Å². The third-order valence-electron chi connectivity index (χ3n) is 5.66. The number of hydrogen-bond donors (Lipinski definition) is 1. The van der Waals surface area contributed by atoms with Gasteiger partial charge in [0.15, 0.2) is 0 Å². The molecule has 1 saturated carbocycles. The summed E-state index contributed by atoms with van der Waals surface area (Å²) in [7, 11) is -3.76. The first-order chi connectivity index (χ1) is 13.3. The second-order valence-corrected chi connectivity index (χ2v) is 9.67. The van der Waals surface area contributed by atoms with E-state index in [4.69, 9.17) is 11.6 Å². The average molecular weight is 419 g/mol. The average Bonchev–Trinajstić information content (AvgIpc) is 3.32. The Labute approximate surface area is 170 Å². The number of benzene rings is 2. The second-order valence-electron chi connectivity index (χ2n) is 7.58. The van der Waals surface area contributed by atoms with Gasteiger partial charge in [-0.15, -0.1) is 0 Å². The van der Waals surface area contributed by atoms with Gasteiger partial charge in [0.1, 0.15) is 0 Å². The number of rotatable bonds is 4. The Kier molecular flexibility index (Phi) is 5.10. The highest BCUT2D eigenvalue weighted by atomic mass is 35.5. The van der Waals surface area contributed by atoms with Gasteiger partial charge in [-0.3, -0.25) is 9.52 Å². The Balaban J connectivity index is 1.59. The van der Waals surface area contributed by atoms with Gasteiger partial charge in [-0.05, 0) is 61.6 Å². The van der Waals surface area contributed by atoms with E-state index < -0.39 is 10.0 Å². The van der Waals surface area contributed by atoms with Crippen LogP contribution in [0, 0.1) is 12.8 Å². The first-order valence-corrected chi connectivity index (χ1v) is 11.4. The smallest absolute Gasteiger partial charge is 0.261 e. The van der Waals surface area contributed by atoms with Crippen LogP contribution in [0.4, 0.5) is 11.4 Å². The number of hydrogen-bond acceptors (Lipinski definition) is 3. The summed E-state index contributed by atoms with van der Waals surface area (Å²) < 4.78 is 28.1. The molecular formula is C21H23ClN2O3S. The van der Waals surface area contributed by atoms with Crippen LogP contribution in [0.25, 0.3) is 0 Å². The van der Waals surface area contributed by atoms with Crippen molar-refractivity contribution in [1.82, 2.24) is 0 Å². The number of amides is 1. The summed E-state index contributed by atoms with van der Waals surface area (Å²) in [5, 5.41) is 0.408. The highest BCUT2D eigenvalue weighted by Crippen LogP contribution is 2.35. The van der Waals surface area contributed by atoms with Crippen molar-refractivity contribution in [1.29, 1.82) is 0 Å². The predicted molar refractivity (Wildman–Crippen MR) is 111 cm³/mol. The number of nitrogens with one attached hydrogen (secondary N) is 1. The number of carbonyl (C=O) groups is 1. The summed E-state index contributed by atoms with van der Waals surface area (Å²) in [6.07, 6.45) is 4.91. The van der Waals surface area contributed by atoms with Gasteiger partial charge in [0.05, 0.1) is 10.6 Å². The third kappa shape index (κ3) is 3.63. The summed E-state index contributed by atoms with van der Waals surface area (Å²) in [5.41, 5.74) is 3.16. The molecule has 2 aliphatic rings. The molecule has 1 aliphatic carbocycles. The molecule has 0 spiro atoms. The van der Waals surface area contributed by atoms with Crippen molar-refractivity contribution in [3.8, 4) is 0 Å². The molecule has 28 heavy (non-hydrogen) atoms. The summed E-state index contributed by atoms with van der Waals surface area (Å²) >= 11 is 6.08. The molecule has 2 aromatic carbocycles. The zero-order valence-electron chi connectivity index (χ0n) is 15.7. The highest BCUT2D eigenvalue weighted by molar-refractivity contribution is 7.92. The molecular weight excluding hydrogens is 396 g/mol. The van der Waals surface area contributed by atoms with Gasteiger partial charge >= 0.3 is 0 Å². The van der Waals surface area contributed by atoms with Gasteiger partial charge in [-0.2, -0.15) is 0 Å². The zero-order chi connectivity index (χ0) is 19.9. The van der Waals surface area contributed by atoms with Gasteiger partial charge in [-0.25, -0.2) is 8.42 Å². The molecule has 7 heteroatoms. The Morgan fingerprint density at radius 1 is 1.14 bits per heavy atom. The second kappa shape index (κ2) is 7.41. The molecule has 0 bridgehead atoms. The van der Waals surface area contributed by atoms with Gasteiger partial charge < -0.3 is 4.90 Å². The first kappa shape index (κ1) is 19.3. The zero-order valence-corrected chi connectivity index (χ0v) is 17.3. The maximum Gasteiger partial charge on any atom is 0.261 e. The Bertz CT molecular complexity index is 1030. The van der Waals surface area contributed by atoms with Crippen LogP contribution >= 0.6 is 11.6 Å². The topological polar surface area (TPSA) is 66.5 Å². The van der Waals surface area contributed by atoms with Crippen molar-refractivity contribution in [2.75, 3.05) is 16.2 Å². The van der Waals surface area contributed by atoms with Crippen molar-refractivity contribution in [3.63, 3.8) is 0 Å². The molecule has 0 unspecified atom stereocenters. The van der Waals surface area contributed by atoms with E-state index in [2.05, 4.69) is 4.72 Å². The molecule has 0 aromatic heterocycles. The van der Waals surface area contributed by atoms with E-state index in [-0.39, 0.29) is 16.7 Å². The minimum Gasteiger partial charge on any atom is -0.312 e. The quantitative estimate of drug-likeness (QED) is 0.793. The van der Waals surface area contributed by atoms with Crippen molar-refractivity contribution < 1.29 is 13.2 Å². The molecule has 148 valence electrons. The van der Waals surface area contributed by atoms with Crippen LogP contribution in [-0.2, 0) is 21.2 Å². The van der Waals surface area contributed by atoms with Gasteiger partial charge in [0.2, 0.25) is 5.91 Å². The normalized spacial score (nSPS) is 17.0. The number of halogens is 1. The number of carbonyl (C=O) groups excluding carboxylic acids is 1. The van der Waals surface area contributed by atoms with Crippen molar-refractivity contribution in [2.45, 2.75) is 43.9 Å². The summed E-state index contributed by atoms with van der Waals surface area (Å²) in [6, 6.07) is 10.1. The number of sulfonamides is 1. The van der Waals surface area contributed by atoms with Crippen LogP contribution in [0.1, 0.15) is 36.8 Å². The van der Waals surface area contributed by atoms with Crippen molar-refractivity contribution in [2.24, 2.45) is 5.92 Å². The molecule has 5 nitrogen and oxygen atoms in total. The Morgan fingerprint density at radius 3 is 2.61 bits per heavy atom.